The van der Waals surface area contributed by atoms with Gasteiger partial charge in [0.25, 0.3) is 0 Å². The van der Waals surface area contributed by atoms with Gasteiger partial charge in [-0.25, -0.2) is 0 Å². The molecular weight excluding hydrogens is 246 g/mol. The first-order valence-corrected chi connectivity index (χ1v) is 8.10. The van der Waals surface area contributed by atoms with Crippen LogP contribution in [0.1, 0.15) is 56.8 Å². The van der Waals surface area contributed by atoms with E-state index in [0.717, 1.165) is 24.6 Å². The largest absolute Gasteiger partial charge is 0.387 e. The summed E-state index contributed by atoms with van der Waals surface area (Å²) in [6.07, 6.45) is 4.87. The molecule has 1 aromatic rings. The Morgan fingerprint density at radius 2 is 1.80 bits per heavy atom. The summed E-state index contributed by atoms with van der Waals surface area (Å²) in [5.41, 5.74) is 2.28. The number of nitrogens with zero attached hydrogens (tertiary/aromatic N) is 1. The standard InChI is InChI=1S/C18H29NO/c1-4-5-16-10-12-19(13-11-16)15(3)18(20)17-8-6-14(2)7-9-17/h6-9,15-16,18,20H,4-5,10-13H2,1-3H3. The van der Waals surface area contributed by atoms with Crippen LogP contribution in [0.5, 0.6) is 0 Å². The zero-order valence-electron chi connectivity index (χ0n) is 13.2. The van der Waals surface area contributed by atoms with Gasteiger partial charge in [0.2, 0.25) is 0 Å². The van der Waals surface area contributed by atoms with Crippen molar-refractivity contribution in [2.45, 2.75) is 58.6 Å². The lowest BCUT2D eigenvalue weighted by Crippen LogP contribution is -2.42. The Hall–Kier alpha value is -0.860. The van der Waals surface area contributed by atoms with Crippen molar-refractivity contribution in [3.63, 3.8) is 0 Å². The smallest absolute Gasteiger partial charge is 0.0942 e. The van der Waals surface area contributed by atoms with Crippen LogP contribution in [-0.2, 0) is 0 Å². The van der Waals surface area contributed by atoms with Crippen molar-refractivity contribution in [3.8, 4) is 0 Å². The number of piperidine rings is 1. The molecule has 1 saturated heterocycles. The number of likely N-dealkylation sites (tertiary alicyclic amines) is 1. The second-order valence-corrected chi connectivity index (χ2v) is 6.36. The first-order chi connectivity index (χ1) is 9.61. The van der Waals surface area contributed by atoms with Gasteiger partial charge in [0.05, 0.1) is 6.10 Å². The van der Waals surface area contributed by atoms with Gasteiger partial charge in [0, 0.05) is 6.04 Å². The molecular formula is C18H29NO. The highest BCUT2D eigenvalue weighted by Gasteiger charge is 2.27. The van der Waals surface area contributed by atoms with E-state index in [1.165, 1.54) is 31.2 Å². The van der Waals surface area contributed by atoms with Crippen LogP contribution in [0, 0.1) is 12.8 Å². The maximum absolute atomic E-state index is 10.6. The Morgan fingerprint density at radius 1 is 1.20 bits per heavy atom. The molecule has 1 heterocycles. The molecule has 1 fully saturated rings. The molecule has 0 saturated carbocycles. The Balaban J connectivity index is 1.91. The summed E-state index contributed by atoms with van der Waals surface area (Å²) in [4.78, 5) is 2.46. The highest BCUT2D eigenvalue weighted by molar-refractivity contribution is 5.24. The van der Waals surface area contributed by atoms with Gasteiger partial charge >= 0.3 is 0 Å². The van der Waals surface area contributed by atoms with Crippen LogP contribution >= 0.6 is 0 Å². The first kappa shape index (κ1) is 15.5. The summed E-state index contributed by atoms with van der Waals surface area (Å²) in [7, 11) is 0. The summed E-state index contributed by atoms with van der Waals surface area (Å²) in [6.45, 7) is 8.78. The third-order valence-corrected chi connectivity index (χ3v) is 4.80. The van der Waals surface area contributed by atoms with Gasteiger partial charge in [0.15, 0.2) is 0 Å². The lowest BCUT2D eigenvalue weighted by Gasteiger charge is -2.38. The predicted molar refractivity (Wildman–Crippen MR) is 84.8 cm³/mol. The lowest BCUT2D eigenvalue weighted by molar-refractivity contribution is 0.0364. The molecule has 0 bridgehead atoms. The summed E-state index contributed by atoms with van der Waals surface area (Å²) in [5.74, 6) is 0.903. The van der Waals surface area contributed by atoms with Crippen molar-refractivity contribution < 1.29 is 5.11 Å². The molecule has 2 heteroatoms. The van der Waals surface area contributed by atoms with Crippen molar-refractivity contribution >= 4 is 0 Å². The van der Waals surface area contributed by atoms with Crippen molar-refractivity contribution in [2.75, 3.05) is 13.1 Å². The van der Waals surface area contributed by atoms with Crippen LogP contribution in [0.2, 0.25) is 0 Å². The van der Waals surface area contributed by atoms with Crippen LogP contribution in [0.4, 0.5) is 0 Å². The average Bonchev–Trinajstić information content (AvgIpc) is 2.48. The molecule has 0 aliphatic carbocycles. The average molecular weight is 275 g/mol. The SMILES string of the molecule is CCCC1CCN(C(C)C(O)c2ccc(C)cc2)CC1. The van der Waals surface area contributed by atoms with E-state index in [1.807, 2.05) is 0 Å². The quantitative estimate of drug-likeness (QED) is 0.880. The highest BCUT2D eigenvalue weighted by atomic mass is 16.3. The number of hydrogen-bond acceptors (Lipinski definition) is 2. The Labute approximate surface area is 123 Å². The monoisotopic (exact) mass is 275 g/mol. The Bertz CT molecular complexity index is 392. The molecule has 112 valence electrons. The number of rotatable bonds is 5. The Kier molecular flexibility index (Phi) is 5.62. The highest BCUT2D eigenvalue weighted by Crippen LogP contribution is 2.27. The third kappa shape index (κ3) is 3.83. The van der Waals surface area contributed by atoms with Gasteiger partial charge in [-0.2, -0.15) is 0 Å². The minimum atomic E-state index is -0.377. The van der Waals surface area contributed by atoms with E-state index in [1.54, 1.807) is 0 Å². The Morgan fingerprint density at radius 3 is 2.35 bits per heavy atom. The second kappa shape index (κ2) is 7.24. The van der Waals surface area contributed by atoms with Crippen molar-refractivity contribution in [3.05, 3.63) is 35.4 Å². The molecule has 1 aliphatic heterocycles. The van der Waals surface area contributed by atoms with Crippen molar-refractivity contribution in [1.82, 2.24) is 4.90 Å². The fourth-order valence-electron chi connectivity index (χ4n) is 3.30. The van der Waals surface area contributed by atoms with Gasteiger partial charge in [-0.05, 0) is 51.3 Å². The van der Waals surface area contributed by atoms with E-state index in [-0.39, 0.29) is 12.1 Å². The van der Waals surface area contributed by atoms with E-state index >= 15 is 0 Å². The summed E-state index contributed by atoms with van der Waals surface area (Å²) < 4.78 is 0. The summed E-state index contributed by atoms with van der Waals surface area (Å²) in [5, 5.41) is 10.6. The summed E-state index contributed by atoms with van der Waals surface area (Å²) in [6, 6.07) is 8.48. The summed E-state index contributed by atoms with van der Waals surface area (Å²) >= 11 is 0. The molecule has 1 aromatic carbocycles. The zero-order valence-corrected chi connectivity index (χ0v) is 13.2. The van der Waals surface area contributed by atoms with Gasteiger partial charge in [0.1, 0.15) is 0 Å². The molecule has 0 radical (unpaired) electrons. The molecule has 0 aromatic heterocycles. The minimum absolute atomic E-state index is 0.209. The lowest BCUT2D eigenvalue weighted by atomic mass is 9.90. The van der Waals surface area contributed by atoms with E-state index in [4.69, 9.17) is 0 Å². The van der Waals surface area contributed by atoms with Crippen LogP contribution < -0.4 is 0 Å². The zero-order chi connectivity index (χ0) is 14.5. The van der Waals surface area contributed by atoms with Crippen molar-refractivity contribution in [1.29, 1.82) is 0 Å². The van der Waals surface area contributed by atoms with Crippen LogP contribution in [0.25, 0.3) is 0 Å². The molecule has 20 heavy (non-hydrogen) atoms. The molecule has 0 spiro atoms. The molecule has 2 atom stereocenters. The molecule has 2 rings (SSSR count). The fraction of sp³-hybridized carbons (Fsp3) is 0.667. The molecule has 1 aliphatic rings. The number of benzene rings is 1. The predicted octanol–water partition coefficient (Wildman–Crippen LogP) is 3.93. The van der Waals surface area contributed by atoms with E-state index < -0.39 is 0 Å². The second-order valence-electron chi connectivity index (χ2n) is 6.36. The van der Waals surface area contributed by atoms with Crippen LogP contribution in [0.15, 0.2) is 24.3 Å². The molecule has 0 amide bonds. The van der Waals surface area contributed by atoms with Gasteiger partial charge < -0.3 is 5.11 Å². The fourth-order valence-corrected chi connectivity index (χ4v) is 3.30. The van der Waals surface area contributed by atoms with E-state index in [2.05, 4.69) is 49.9 Å². The van der Waals surface area contributed by atoms with Gasteiger partial charge in [-0.1, -0.05) is 49.6 Å². The van der Waals surface area contributed by atoms with Gasteiger partial charge in [-0.15, -0.1) is 0 Å². The third-order valence-electron chi connectivity index (χ3n) is 4.80. The molecule has 1 N–H and O–H groups in total. The van der Waals surface area contributed by atoms with Gasteiger partial charge in [-0.3, -0.25) is 4.90 Å². The van der Waals surface area contributed by atoms with E-state index in [9.17, 15) is 5.11 Å². The normalized spacial score (nSPS) is 20.8. The number of hydrogen-bond donors (Lipinski definition) is 1. The molecule has 2 nitrogen and oxygen atoms in total. The number of aryl methyl sites for hydroxylation is 1. The topological polar surface area (TPSA) is 23.5 Å². The van der Waals surface area contributed by atoms with Crippen LogP contribution in [-0.4, -0.2) is 29.1 Å². The number of aliphatic hydroxyl groups excluding tert-OH is 1. The minimum Gasteiger partial charge on any atom is -0.387 e. The first-order valence-electron chi connectivity index (χ1n) is 8.10. The molecule has 2 unspecified atom stereocenters. The van der Waals surface area contributed by atoms with E-state index in [0.29, 0.717) is 0 Å². The maximum Gasteiger partial charge on any atom is 0.0942 e. The number of aliphatic hydroxyl groups is 1. The maximum atomic E-state index is 10.6. The van der Waals surface area contributed by atoms with Crippen LogP contribution in [0.3, 0.4) is 0 Å². The van der Waals surface area contributed by atoms with Crippen molar-refractivity contribution in [2.24, 2.45) is 5.92 Å².